The number of nitrogens with zero attached hydrogens (tertiary/aromatic N) is 1. The van der Waals surface area contributed by atoms with E-state index in [0.29, 0.717) is 28.7 Å². The van der Waals surface area contributed by atoms with Gasteiger partial charge in [0.05, 0.1) is 12.0 Å². The van der Waals surface area contributed by atoms with Crippen LogP contribution in [-0.2, 0) is 26.4 Å². The number of benzene rings is 1. The van der Waals surface area contributed by atoms with E-state index in [-0.39, 0.29) is 21.2 Å². The third-order valence-electron chi connectivity index (χ3n) is 5.70. The predicted octanol–water partition coefficient (Wildman–Crippen LogP) is 3.89. The molecule has 2 aromatic heterocycles. The van der Waals surface area contributed by atoms with Crippen LogP contribution in [0.3, 0.4) is 0 Å². The van der Waals surface area contributed by atoms with Crippen LogP contribution in [-0.4, -0.2) is 37.3 Å². The Hall–Kier alpha value is -2.90. The molecular weight excluding hydrogens is 485 g/mol. The van der Waals surface area contributed by atoms with E-state index in [0.717, 1.165) is 0 Å². The van der Waals surface area contributed by atoms with E-state index in [2.05, 4.69) is 14.4 Å². The third-order valence-corrected chi connectivity index (χ3v) is 8.80. The van der Waals surface area contributed by atoms with Crippen LogP contribution in [0.5, 0.6) is 5.75 Å². The molecule has 13 heteroatoms. The highest BCUT2D eigenvalue weighted by atomic mass is 32.2. The molecular formula is C20H17F3N2O6S2. The summed E-state index contributed by atoms with van der Waals surface area (Å²) in [6.45, 7) is 1.63. The summed E-state index contributed by atoms with van der Waals surface area (Å²) in [7, 11) is -2.87. The number of thiophene rings is 1. The van der Waals surface area contributed by atoms with E-state index >= 15 is 0 Å². The van der Waals surface area contributed by atoms with Gasteiger partial charge in [0, 0.05) is 11.5 Å². The Balaban J connectivity index is 1.63. The number of ether oxygens (including phenoxy) is 1. The van der Waals surface area contributed by atoms with Crippen molar-refractivity contribution < 1.29 is 40.8 Å². The highest BCUT2D eigenvalue weighted by Crippen LogP contribution is 2.58. The van der Waals surface area contributed by atoms with Crippen molar-refractivity contribution in [2.45, 2.75) is 34.7 Å². The normalized spacial score (nSPS) is 22.8. The van der Waals surface area contributed by atoms with Crippen LogP contribution < -0.4 is 9.46 Å². The van der Waals surface area contributed by atoms with Crippen molar-refractivity contribution in [1.29, 1.82) is 0 Å². The second-order valence-corrected chi connectivity index (χ2v) is 10.7. The summed E-state index contributed by atoms with van der Waals surface area (Å²) in [5, 5.41) is 13.3. The molecule has 1 aromatic carbocycles. The van der Waals surface area contributed by atoms with Crippen molar-refractivity contribution in [1.82, 2.24) is 9.88 Å². The zero-order valence-corrected chi connectivity index (χ0v) is 18.8. The highest BCUT2D eigenvalue weighted by molar-refractivity contribution is 7.91. The second-order valence-electron chi connectivity index (χ2n) is 7.75. The third kappa shape index (κ3) is 3.89. The molecule has 0 radical (unpaired) electrons. The molecule has 0 spiro atoms. The number of aliphatic carboxylic acids is 1. The van der Waals surface area contributed by atoms with E-state index in [4.69, 9.17) is 4.74 Å². The number of hydrogen-bond donors (Lipinski definition) is 2. The Morgan fingerprint density at radius 2 is 2.00 bits per heavy atom. The van der Waals surface area contributed by atoms with Crippen LogP contribution in [0.4, 0.5) is 13.2 Å². The van der Waals surface area contributed by atoms with Gasteiger partial charge in [-0.05, 0) is 36.2 Å². The summed E-state index contributed by atoms with van der Waals surface area (Å²) in [4.78, 5) is 12.3. The van der Waals surface area contributed by atoms with Gasteiger partial charge in [-0.25, -0.2) is 8.42 Å². The lowest BCUT2D eigenvalue weighted by atomic mass is 9.92. The number of methoxy groups -OCH3 is 1. The molecule has 0 bridgehead atoms. The Labute approximate surface area is 190 Å². The zero-order chi connectivity index (χ0) is 24.2. The van der Waals surface area contributed by atoms with Gasteiger partial charge < -0.3 is 14.4 Å². The fraction of sp³-hybridized carbons (Fsp3) is 0.300. The SMILES string of the molecule is COc1cccc([C@]2(C)C[C@]2(NS(=O)(=O)c2ccc(-c3cc(C(F)(F)F)on3)s2)C(=O)O)c1. The fourth-order valence-electron chi connectivity index (χ4n) is 3.71. The van der Waals surface area contributed by atoms with Gasteiger partial charge in [-0.3, -0.25) is 4.79 Å². The largest absolute Gasteiger partial charge is 0.497 e. The van der Waals surface area contributed by atoms with E-state index < -0.39 is 38.9 Å². The number of halogens is 3. The molecule has 1 aliphatic rings. The topological polar surface area (TPSA) is 119 Å². The van der Waals surface area contributed by atoms with Crippen LogP contribution in [0.25, 0.3) is 10.6 Å². The summed E-state index contributed by atoms with van der Waals surface area (Å²) in [6.07, 6.45) is -4.73. The van der Waals surface area contributed by atoms with E-state index in [1.165, 1.54) is 19.2 Å². The number of alkyl halides is 3. The number of carboxylic acids is 1. The monoisotopic (exact) mass is 502 g/mol. The van der Waals surface area contributed by atoms with Crippen molar-refractivity contribution >= 4 is 27.3 Å². The van der Waals surface area contributed by atoms with Crippen LogP contribution in [0.2, 0.25) is 0 Å². The van der Waals surface area contributed by atoms with Gasteiger partial charge in [0.1, 0.15) is 21.2 Å². The number of aromatic nitrogens is 1. The molecule has 33 heavy (non-hydrogen) atoms. The molecule has 0 amide bonds. The fourth-order valence-corrected chi connectivity index (χ4v) is 6.43. The molecule has 176 valence electrons. The predicted molar refractivity (Wildman–Crippen MR) is 110 cm³/mol. The molecule has 2 heterocycles. The van der Waals surface area contributed by atoms with Gasteiger partial charge in [0.15, 0.2) is 0 Å². The summed E-state index contributed by atoms with van der Waals surface area (Å²) in [6, 6.07) is 9.80. The van der Waals surface area contributed by atoms with Gasteiger partial charge in [0.2, 0.25) is 5.76 Å². The van der Waals surface area contributed by atoms with Crippen molar-refractivity contribution in [3.8, 4) is 16.3 Å². The Kier molecular flexibility index (Phi) is 5.34. The lowest BCUT2D eigenvalue weighted by molar-refractivity contribution is -0.155. The minimum atomic E-state index is -4.73. The first-order chi connectivity index (χ1) is 15.3. The molecule has 4 rings (SSSR count). The van der Waals surface area contributed by atoms with Gasteiger partial charge in [-0.15, -0.1) is 11.3 Å². The zero-order valence-electron chi connectivity index (χ0n) is 17.1. The lowest BCUT2D eigenvalue weighted by Gasteiger charge is -2.21. The van der Waals surface area contributed by atoms with Crippen LogP contribution in [0, 0.1) is 0 Å². The Morgan fingerprint density at radius 3 is 2.61 bits per heavy atom. The lowest BCUT2D eigenvalue weighted by Crippen LogP contribution is -2.47. The van der Waals surface area contributed by atoms with Crippen molar-refractivity contribution in [2.24, 2.45) is 0 Å². The summed E-state index contributed by atoms with van der Waals surface area (Å²) in [5.41, 5.74) is -2.45. The molecule has 3 aromatic rings. The number of rotatable bonds is 7. The summed E-state index contributed by atoms with van der Waals surface area (Å²) in [5.74, 6) is -2.17. The second kappa shape index (κ2) is 7.57. The van der Waals surface area contributed by atoms with Gasteiger partial charge in [0.25, 0.3) is 10.0 Å². The maximum Gasteiger partial charge on any atom is 0.452 e. The number of carbonyl (C=O) groups is 1. The maximum atomic E-state index is 13.0. The minimum absolute atomic E-state index is 0.00179. The molecule has 0 saturated heterocycles. The van der Waals surface area contributed by atoms with Crippen LogP contribution in [0.1, 0.15) is 24.7 Å². The minimum Gasteiger partial charge on any atom is -0.497 e. The van der Waals surface area contributed by atoms with Crippen molar-refractivity contribution in [3.63, 3.8) is 0 Å². The first-order valence-electron chi connectivity index (χ1n) is 9.38. The first-order valence-corrected chi connectivity index (χ1v) is 11.7. The van der Waals surface area contributed by atoms with Gasteiger partial charge in [-0.2, -0.15) is 17.9 Å². The van der Waals surface area contributed by atoms with E-state index in [9.17, 15) is 31.5 Å². The molecule has 2 atom stereocenters. The Bertz CT molecular complexity index is 1330. The van der Waals surface area contributed by atoms with Gasteiger partial charge in [-0.1, -0.05) is 24.2 Å². The van der Waals surface area contributed by atoms with Crippen molar-refractivity contribution in [3.05, 3.63) is 53.8 Å². The average Bonchev–Trinajstić information content (AvgIpc) is 3.18. The van der Waals surface area contributed by atoms with E-state index in [1.807, 2.05) is 0 Å². The highest BCUT2D eigenvalue weighted by Gasteiger charge is 2.72. The molecule has 1 saturated carbocycles. The van der Waals surface area contributed by atoms with E-state index in [1.54, 1.807) is 31.2 Å². The standard InChI is InChI=1S/C20H17F3N2O6S2/c1-18(11-4-3-5-12(8-11)30-2)10-19(18,17(26)27)25-33(28,29)16-7-6-14(32-16)13-9-15(31-24-13)20(21,22)23/h3-9,25H,10H2,1-2H3,(H,26,27)/t18-,19-/m0/s1. The quantitative estimate of drug-likeness (QED) is 0.503. The molecule has 0 unspecified atom stereocenters. The summed E-state index contributed by atoms with van der Waals surface area (Å²) < 4.78 is 75.8. The van der Waals surface area contributed by atoms with Crippen molar-refractivity contribution in [2.75, 3.05) is 7.11 Å². The van der Waals surface area contributed by atoms with Crippen LogP contribution >= 0.6 is 11.3 Å². The molecule has 0 aliphatic heterocycles. The maximum absolute atomic E-state index is 13.0. The summed E-state index contributed by atoms with van der Waals surface area (Å²) >= 11 is 0.646. The number of nitrogens with one attached hydrogen (secondary N) is 1. The molecule has 2 N–H and O–H groups in total. The first kappa shape index (κ1) is 23.3. The Morgan fingerprint density at radius 1 is 1.27 bits per heavy atom. The molecule has 1 aliphatic carbocycles. The van der Waals surface area contributed by atoms with Gasteiger partial charge >= 0.3 is 12.1 Å². The number of hydrogen-bond acceptors (Lipinski definition) is 7. The molecule has 1 fully saturated rings. The number of sulfonamides is 1. The average molecular weight is 502 g/mol. The smallest absolute Gasteiger partial charge is 0.452 e. The van der Waals surface area contributed by atoms with Crippen LogP contribution in [0.15, 0.2) is 51.2 Å². The number of carboxylic acid groups (broad SMARTS) is 1. The molecule has 8 nitrogen and oxygen atoms in total.